The average molecular weight is 412 g/mol. The van der Waals surface area contributed by atoms with E-state index in [-0.39, 0.29) is 10.9 Å². The Bertz CT molecular complexity index is 1080. The van der Waals surface area contributed by atoms with Crippen molar-refractivity contribution in [2.75, 3.05) is 18.6 Å². The van der Waals surface area contributed by atoms with Gasteiger partial charge >= 0.3 is 5.97 Å². The molecule has 4 rings (SSSR count). The Hall–Kier alpha value is -2.60. The van der Waals surface area contributed by atoms with Gasteiger partial charge in [-0.3, -0.25) is 0 Å². The molecule has 0 N–H and O–H groups in total. The van der Waals surface area contributed by atoms with Crippen molar-refractivity contribution >= 4 is 32.8 Å². The van der Waals surface area contributed by atoms with Crippen molar-refractivity contribution in [2.45, 2.75) is 42.4 Å². The Labute approximate surface area is 171 Å². The maximum atomic E-state index is 13.1. The molecule has 0 radical (unpaired) electrons. The Morgan fingerprint density at radius 2 is 1.79 bits per heavy atom. The zero-order chi connectivity index (χ0) is 20.6. The lowest BCUT2D eigenvalue weighted by Gasteiger charge is -2.30. The summed E-state index contributed by atoms with van der Waals surface area (Å²) in [6.07, 6.45) is 6.47. The molecule has 2 aromatic rings. The average Bonchev–Trinajstić information content (AvgIpc) is 3.24. The third kappa shape index (κ3) is 3.46. The Kier molecular flexibility index (Phi) is 5.21. The highest BCUT2D eigenvalue weighted by Crippen LogP contribution is 2.44. The SMILES string of the molecule is CCOC(=O)C(=CC1CCCC1)c1ccc2c(c1)N(C)c1ccccc1S2(=O)=O. The quantitative estimate of drug-likeness (QED) is 0.537. The zero-order valence-corrected chi connectivity index (χ0v) is 17.5. The fourth-order valence-corrected chi connectivity index (χ4v) is 5.93. The molecular formula is C23H25NO4S. The first-order valence-electron chi connectivity index (χ1n) is 10.0. The van der Waals surface area contributed by atoms with Crippen molar-refractivity contribution in [2.24, 2.45) is 5.92 Å². The maximum absolute atomic E-state index is 13.1. The van der Waals surface area contributed by atoms with Gasteiger partial charge in [-0.05, 0) is 55.5 Å². The van der Waals surface area contributed by atoms with E-state index in [4.69, 9.17) is 4.74 Å². The summed E-state index contributed by atoms with van der Waals surface area (Å²) in [5.41, 5.74) is 2.42. The molecule has 2 aromatic carbocycles. The number of hydrogen-bond donors (Lipinski definition) is 0. The van der Waals surface area contributed by atoms with Crippen molar-refractivity contribution in [3.8, 4) is 0 Å². The van der Waals surface area contributed by atoms with E-state index < -0.39 is 9.84 Å². The van der Waals surface area contributed by atoms with Gasteiger partial charge in [0.2, 0.25) is 9.84 Å². The second-order valence-electron chi connectivity index (χ2n) is 7.56. The Morgan fingerprint density at radius 1 is 1.10 bits per heavy atom. The van der Waals surface area contributed by atoms with E-state index in [0.29, 0.717) is 39.9 Å². The molecule has 0 aromatic heterocycles. The van der Waals surface area contributed by atoms with Crippen LogP contribution in [0.15, 0.2) is 58.3 Å². The number of para-hydroxylation sites is 1. The normalized spacial score (nSPS) is 18.3. The minimum atomic E-state index is -3.61. The second-order valence-corrected chi connectivity index (χ2v) is 9.44. The van der Waals surface area contributed by atoms with Crippen molar-refractivity contribution in [3.05, 3.63) is 54.1 Å². The first-order valence-corrected chi connectivity index (χ1v) is 11.5. The molecule has 29 heavy (non-hydrogen) atoms. The molecule has 0 spiro atoms. The number of benzene rings is 2. The summed E-state index contributed by atoms with van der Waals surface area (Å²) in [5.74, 6) is -0.00584. The predicted octanol–water partition coefficient (Wildman–Crippen LogP) is 4.74. The van der Waals surface area contributed by atoms with Crippen LogP contribution in [-0.4, -0.2) is 28.0 Å². The topological polar surface area (TPSA) is 63.7 Å². The van der Waals surface area contributed by atoms with Crippen LogP contribution in [-0.2, 0) is 19.4 Å². The highest BCUT2D eigenvalue weighted by atomic mass is 32.2. The van der Waals surface area contributed by atoms with Gasteiger partial charge in [-0.15, -0.1) is 0 Å². The number of anilines is 2. The first-order chi connectivity index (χ1) is 13.9. The van der Waals surface area contributed by atoms with Gasteiger partial charge in [0.1, 0.15) is 0 Å². The van der Waals surface area contributed by atoms with Crippen LogP contribution in [0, 0.1) is 5.92 Å². The number of ether oxygens (including phenoxy) is 1. The summed E-state index contributed by atoms with van der Waals surface area (Å²) < 4.78 is 31.5. The third-order valence-electron chi connectivity index (χ3n) is 5.73. The smallest absolute Gasteiger partial charge is 0.338 e. The van der Waals surface area contributed by atoms with E-state index in [1.54, 1.807) is 43.3 Å². The molecule has 0 amide bonds. The van der Waals surface area contributed by atoms with Crippen LogP contribution >= 0.6 is 0 Å². The van der Waals surface area contributed by atoms with Crippen LogP contribution < -0.4 is 4.90 Å². The number of fused-ring (bicyclic) bond motifs is 2. The second kappa shape index (κ2) is 7.67. The summed E-state index contributed by atoms with van der Waals surface area (Å²) in [6, 6.07) is 12.1. The summed E-state index contributed by atoms with van der Waals surface area (Å²) in [6.45, 7) is 2.09. The first kappa shape index (κ1) is 19.7. The molecule has 2 aliphatic rings. The van der Waals surface area contributed by atoms with Crippen molar-refractivity contribution in [3.63, 3.8) is 0 Å². The lowest BCUT2D eigenvalue weighted by atomic mass is 9.98. The zero-order valence-electron chi connectivity index (χ0n) is 16.7. The molecule has 1 aliphatic heterocycles. The summed E-state index contributed by atoms with van der Waals surface area (Å²) in [4.78, 5) is 15.1. The largest absolute Gasteiger partial charge is 0.462 e. The monoisotopic (exact) mass is 411 g/mol. The molecule has 6 heteroatoms. The van der Waals surface area contributed by atoms with Gasteiger partial charge in [-0.2, -0.15) is 0 Å². The van der Waals surface area contributed by atoms with Gasteiger partial charge in [0, 0.05) is 7.05 Å². The Morgan fingerprint density at radius 3 is 2.52 bits per heavy atom. The molecule has 0 unspecified atom stereocenters. The third-order valence-corrected chi connectivity index (χ3v) is 7.58. The molecule has 0 atom stereocenters. The van der Waals surface area contributed by atoms with Gasteiger partial charge in [-0.1, -0.05) is 37.1 Å². The van der Waals surface area contributed by atoms with Crippen LogP contribution in [0.3, 0.4) is 0 Å². The molecule has 1 saturated carbocycles. The number of sulfone groups is 1. The highest BCUT2D eigenvalue weighted by molar-refractivity contribution is 7.92. The van der Waals surface area contributed by atoms with Crippen LogP contribution in [0.2, 0.25) is 0 Å². The number of allylic oxidation sites excluding steroid dienone is 1. The fourth-order valence-electron chi connectivity index (χ4n) is 4.23. The molecule has 152 valence electrons. The van der Waals surface area contributed by atoms with Gasteiger partial charge in [0.05, 0.1) is 33.3 Å². The lowest BCUT2D eigenvalue weighted by Crippen LogP contribution is -2.22. The predicted molar refractivity (Wildman–Crippen MR) is 113 cm³/mol. The number of carbonyl (C=O) groups is 1. The highest BCUT2D eigenvalue weighted by Gasteiger charge is 2.33. The van der Waals surface area contributed by atoms with Crippen molar-refractivity contribution in [1.82, 2.24) is 0 Å². The van der Waals surface area contributed by atoms with Crippen LogP contribution in [0.5, 0.6) is 0 Å². The maximum Gasteiger partial charge on any atom is 0.338 e. The van der Waals surface area contributed by atoms with Gasteiger partial charge in [-0.25, -0.2) is 13.2 Å². The molecule has 1 heterocycles. The molecule has 5 nitrogen and oxygen atoms in total. The number of hydrogen-bond acceptors (Lipinski definition) is 5. The number of rotatable bonds is 4. The molecule has 0 saturated heterocycles. The Balaban J connectivity index is 1.83. The van der Waals surface area contributed by atoms with Gasteiger partial charge in [0.25, 0.3) is 0 Å². The number of carbonyl (C=O) groups excluding carboxylic acids is 1. The van der Waals surface area contributed by atoms with Crippen molar-refractivity contribution < 1.29 is 17.9 Å². The van der Waals surface area contributed by atoms with E-state index in [2.05, 4.69) is 0 Å². The molecule has 0 bridgehead atoms. The number of nitrogens with zero attached hydrogens (tertiary/aromatic N) is 1. The van der Waals surface area contributed by atoms with Gasteiger partial charge < -0.3 is 9.64 Å². The van der Waals surface area contributed by atoms with E-state index in [9.17, 15) is 13.2 Å². The van der Waals surface area contributed by atoms with Crippen LogP contribution in [0.25, 0.3) is 5.57 Å². The van der Waals surface area contributed by atoms with E-state index >= 15 is 0 Å². The fraction of sp³-hybridized carbons (Fsp3) is 0.348. The summed E-state index contributed by atoms with van der Waals surface area (Å²) in [7, 11) is -1.76. The summed E-state index contributed by atoms with van der Waals surface area (Å²) in [5, 5.41) is 0. The molecule has 1 fully saturated rings. The van der Waals surface area contributed by atoms with Gasteiger partial charge in [0.15, 0.2) is 0 Å². The minimum absolute atomic E-state index is 0.256. The standard InChI is InChI=1S/C23H25NO4S/c1-3-28-23(25)18(14-16-8-4-5-9-16)17-12-13-22-20(15-17)24(2)19-10-6-7-11-21(19)29(22,26)27/h6-7,10-16H,3-5,8-9H2,1-2H3. The molecular weight excluding hydrogens is 386 g/mol. The van der Waals surface area contributed by atoms with Crippen molar-refractivity contribution in [1.29, 1.82) is 0 Å². The van der Waals surface area contributed by atoms with E-state index in [1.807, 2.05) is 24.1 Å². The van der Waals surface area contributed by atoms with Crippen LogP contribution in [0.1, 0.15) is 38.2 Å². The van der Waals surface area contributed by atoms with Crippen LogP contribution in [0.4, 0.5) is 11.4 Å². The number of esters is 1. The lowest BCUT2D eigenvalue weighted by molar-refractivity contribution is -0.136. The summed E-state index contributed by atoms with van der Waals surface area (Å²) >= 11 is 0. The molecule has 1 aliphatic carbocycles. The minimum Gasteiger partial charge on any atom is -0.462 e. The van der Waals surface area contributed by atoms with E-state index in [0.717, 1.165) is 12.8 Å². The van der Waals surface area contributed by atoms with E-state index in [1.165, 1.54) is 12.8 Å².